The van der Waals surface area contributed by atoms with E-state index >= 15 is 0 Å². The van der Waals surface area contributed by atoms with Crippen molar-refractivity contribution in [3.63, 3.8) is 0 Å². The van der Waals surface area contributed by atoms with E-state index in [2.05, 4.69) is 6.26 Å². The lowest BCUT2D eigenvalue weighted by molar-refractivity contribution is 0.212. The molecule has 0 radical (unpaired) electrons. The van der Waals surface area contributed by atoms with E-state index in [1.165, 1.54) is 11.8 Å². The molecule has 4 heteroatoms. The zero-order valence-corrected chi connectivity index (χ0v) is 9.21. The van der Waals surface area contributed by atoms with Crippen LogP contribution in [0.1, 0.15) is 12.8 Å². The summed E-state index contributed by atoms with van der Waals surface area (Å²) in [6.07, 6.45) is 6.32. The van der Waals surface area contributed by atoms with Crippen molar-refractivity contribution in [2.75, 3.05) is 25.6 Å². The van der Waals surface area contributed by atoms with E-state index in [9.17, 15) is 4.79 Å². The maximum Gasteiger partial charge on any atom is 0.281 e. The van der Waals surface area contributed by atoms with Crippen molar-refractivity contribution in [1.29, 1.82) is 0 Å². The molecule has 0 bridgehead atoms. The third kappa shape index (κ3) is 2.59. The molecular formula is C8H15NOS2. The zero-order valence-electron chi connectivity index (χ0n) is 7.58. The van der Waals surface area contributed by atoms with Gasteiger partial charge in [0.1, 0.15) is 0 Å². The Morgan fingerprint density at radius 2 is 1.92 bits per heavy atom. The highest BCUT2D eigenvalue weighted by Crippen LogP contribution is 2.22. The van der Waals surface area contributed by atoms with Crippen molar-refractivity contribution in [1.82, 2.24) is 4.90 Å². The summed E-state index contributed by atoms with van der Waals surface area (Å²) in [7, 11) is 0. The van der Waals surface area contributed by atoms with E-state index in [1.54, 1.807) is 0 Å². The van der Waals surface area contributed by atoms with Crippen molar-refractivity contribution in [3.05, 3.63) is 0 Å². The minimum atomic E-state index is 0.231. The molecule has 0 spiro atoms. The molecule has 1 aliphatic heterocycles. The van der Waals surface area contributed by atoms with Crippen LogP contribution >= 0.6 is 23.5 Å². The van der Waals surface area contributed by atoms with Gasteiger partial charge in [-0.3, -0.25) is 4.79 Å². The molecule has 0 aromatic heterocycles. The fraction of sp³-hybridized carbons (Fsp3) is 0.875. The van der Waals surface area contributed by atoms with Crippen LogP contribution in [0.15, 0.2) is 0 Å². The number of hydrogen-bond donors (Lipinski definition) is 0. The number of piperidine rings is 1. The minimum absolute atomic E-state index is 0.231. The molecule has 12 heavy (non-hydrogen) atoms. The first-order valence-corrected chi connectivity index (χ1v) is 6.65. The summed E-state index contributed by atoms with van der Waals surface area (Å²) in [4.78, 5) is 13.2. The summed E-state index contributed by atoms with van der Waals surface area (Å²) in [6, 6.07) is 0. The highest BCUT2D eigenvalue weighted by atomic mass is 32.2. The van der Waals surface area contributed by atoms with Crippen LogP contribution in [0.3, 0.4) is 0 Å². The predicted molar refractivity (Wildman–Crippen MR) is 57.0 cm³/mol. The lowest BCUT2D eigenvalue weighted by Gasteiger charge is -2.30. The Morgan fingerprint density at radius 3 is 2.33 bits per heavy atom. The van der Waals surface area contributed by atoms with Gasteiger partial charge >= 0.3 is 0 Å². The summed E-state index contributed by atoms with van der Waals surface area (Å²) in [5.41, 5.74) is 0. The second kappa shape index (κ2) is 5.02. The standard InChI is InChI=1S/C8H15NOS2/c1-11-7-3-5-9(6-4-7)8(10)12-2/h7H,3-6H2,1-2H3. The highest BCUT2D eigenvalue weighted by molar-refractivity contribution is 8.12. The van der Waals surface area contributed by atoms with Crippen molar-refractivity contribution in [2.45, 2.75) is 18.1 Å². The molecule has 70 valence electrons. The molecular weight excluding hydrogens is 190 g/mol. The summed E-state index contributed by atoms with van der Waals surface area (Å²) < 4.78 is 0. The van der Waals surface area contributed by atoms with Crippen molar-refractivity contribution in [2.24, 2.45) is 0 Å². The van der Waals surface area contributed by atoms with Crippen molar-refractivity contribution >= 4 is 28.8 Å². The smallest absolute Gasteiger partial charge is 0.281 e. The number of nitrogens with zero attached hydrogens (tertiary/aromatic N) is 1. The van der Waals surface area contributed by atoms with Crippen LogP contribution in [-0.2, 0) is 0 Å². The van der Waals surface area contributed by atoms with Gasteiger partial charge in [0.25, 0.3) is 5.24 Å². The SMILES string of the molecule is CSC(=O)N1CCC(SC)CC1. The van der Waals surface area contributed by atoms with Gasteiger partial charge in [0, 0.05) is 18.3 Å². The Morgan fingerprint density at radius 1 is 1.33 bits per heavy atom. The normalized spacial score (nSPS) is 19.7. The first kappa shape index (κ1) is 10.3. The zero-order chi connectivity index (χ0) is 8.97. The van der Waals surface area contributed by atoms with E-state index in [0.29, 0.717) is 0 Å². The van der Waals surface area contributed by atoms with Gasteiger partial charge in [-0.05, 0) is 25.4 Å². The molecule has 0 aromatic carbocycles. The fourth-order valence-corrected chi connectivity index (χ4v) is 2.53. The molecule has 1 aliphatic rings. The van der Waals surface area contributed by atoms with E-state index in [1.807, 2.05) is 22.9 Å². The molecule has 1 saturated heterocycles. The monoisotopic (exact) mass is 205 g/mol. The Hall–Kier alpha value is 0.170. The minimum Gasteiger partial charge on any atom is -0.334 e. The molecule has 0 saturated carbocycles. The summed E-state index contributed by atoms with van der Waals surface area (Å²) in [5.74, 6) is 0. The van der Waals surface area contributed by atoms with E-state index in [-0.39, 0.29) is 5.24 Å². The van der Waals surface area contributed by atoms with Gasteiger partial charge in [-0.15, -0.1) is 0 Å². The van der Waals surface area contributed by atoms with Crippen LogP contribution in [-0.4, -0.2) is 41.0 Å². The first-order chi connectivity index (χ1) is 5.77. The van der Waals surface area contributed by atoms with Crippen LogP contribution in [0, 0.1) is 0 Å². The maximum atomic E-state index is 11.2. The quantitative estimate of drug-likeness (QED) is 0.655. The molecule has 0 N–H and O–H groups in total. The first-order valence-electron chi connectivity index (χ1n) is 4.13. The Bertz CT molecular complexity index is 155. The van der Waals surface area contributed by atoms with Crippen LogP contribution in [0.2, 0.25) is 0 Å². The van der Waals surface area contributed by atoms with Crippen molar-refractivity contribution in [3.8, 4) is 0 Å². The molecule has 0 aromatic rings. The lowest BCUT2D eigenvalue weighted by Crippen LogP contribution is -2.37. The summed E-state index contributed by atoms with van der Waals surface area (Å²) in [6.45, 7) is 1.90. The molecule has 1 heterocycles. The number of thioether (sulfide) groups is 2. The topological polar surface area (TPSA) is 20.3 Å². The van der Waals surface area contributed by atoms with Gasteiger partial charge in [-0.2, -0.15) is 11.8 Å². The molecule has 1 rings (SSSR count). The van der Waals surface area contributed by atoms with Crippen LogP contribution in [0.4, 0.5) is 4.79 Å². The van der Waals surface area contributed by atoms with Crippen molar-refractivity contribution < 1.29 is 4.79 Å². The molecule has 0 aliphatic carbocycles. The lowest BCUT2D eigenvalue weighted by atomic mass is 10.1. The number of likely N-dealkylation sites (tertiary alicyclic amines) is 1. The van der Waals surface area contributed by atoms with E-state index in [0.717, 1.165) is 31.2 Å². The Balaban J connectivity index is 2.30. The molecule has 2 nitrogen and oxygen atoms in total. The highest BCUT2D eigenvalue weighted by Gasteiger charge is 2.20. The summed E-state index contributed by atoms with van der Waals surface area (Å²) >= 11 is 3.24. The van der Waals surface area contributed by atoms with E-state index in [4.69, 9.17) is 0 Å². The van der Waals surface area contributed by atoms with Gasteiger partial charge in [0.2, 0.25) is 0 Å². The van der Waals surface area contributed by atoms with Gasteiger partial charge in [-0.1, -0.05) is 11.8 Å². The van der Waals surface area contributed by atoms with Crippen LogP contribution in [0.5, 0.6) is 0 Å². The van der Waals surface area contributed by atoms with Gasteiger partial charge in [0.15, 0.2) is 0 Å². The third-order valence-corrected chi connectivity index (χ3v) is 3.95. The average Bonchev–Trinajstić information content (AvgIpc) is 2.17. The molecule has 1 fully saturated rings. The van der Waals surface area contributed by atoms with Crippen LogP contribution in [0.25, 0.3) is 0 Å². The van der Waals surface area contributed by atoms with E-state index < -0.39 is 0 Å². The largest absolute Gasteiger partial charge is 0.334 e. The fourth-order valence-electron chi connectivity index (χ4n) is 1.40. The second-order valence-corrected chi connectivity index (χ2v) is 4.79. The number of carbonyl (C=O) groups is 1. The molecule has 0 atom stereocenters. The number of amides is 1. The van der Waals surface area contributed by atoms with Crippen LogP contribution < -0.4 is 0 Å². The second-order valence-electron chi connectivity index (χ2n) is 2.89. The summed E-state index contributed by atoms with van der Waals surface area (Å²) in [5, 5.41) is 1.01. The average molecular weight is 205 g/mol. The predicted octanol–water partition coefficient (Wildman–Crippen LogP) is 2.30. The molecule has 0 unspecified atom stereocenters. The van der Waals surface area contributed by atoms with Gasteiger partial charge < -0.3 is 4.90 Å². The van der Waals surface area contributed by atoms with Gasteiger partial charge in [-0.25, -0.2) is 0 Å². The Labute approximate surface area is 82.5 Å². The maximum absolute atomic E-state index is 11.2. The molecule has 1 amide bonds. The van der Waals surface area contributed by atoms with Gasteiger partial charge in [0.05, 0.1) is 0 Å². The number of hydrogen-bond acceptors (Lipinski definition) is 3. The Kier molecular flexibility index (Phi) is 4.29. The number of carbonyl (C=O) groups excluding carboxylic acids is 1. The number of rotatable bonds is 1. The third-order valence-electron chi connectivity index (χ3n) is 2.21.